The number of aliphatic hydroxyl groups is 3. The number of methoxy groups -OCH3 is 2. The first-order valence-electron chi connectivity index (χ1n) is 4.10. The van der Waals surface area contributed by atoms with Crippen molar-refractivity contribution >= 4 is 6.29 Å². The van der Waals surface area contributed by atoms with Gasteiger partial charge in [-0.25, -0.2) is 0 Å². The Bertz CT molecular complexity index is 162. The zero-order valence-corrected chi connectivity index (χ0v) is 8.16. The van der Waals surface area contributed by atoms with Gasteiger partial charge in [-0.1, -0.05) is 0 Å². The van der Waals surface area contributed by atoms with E-state index in [4.69, 9.17) is 9.84 Å². The molecule has 6 nitrogen and oxygen atoms in total. The molecular formula is C8H16O6. The summed E-state index contributed by atoms with van der Waals surface area (Å²) < 4.78 is 9.40. The normalized spacial score (nSPS) is 19.8. The van der Waals surface area contributed by atoms with Gasteiger partial charge in [0, 0.05) is 14.2 Å². The van der Waals surface area contributed by atoms with Crippen LogP contribution in [0, 0.1) is 0 Å². The summed E-state index contributed by atoms with van der Waals surface area (Å²) in [5.74, 6) is 0. The van der Waals surface area contributed by atoms with E-state index in [1.807, 2.05) is 0 Å². The first-order valence-corrected chi connectivity index (χ1v) is 4.10. The van der Waals surface area contributed by atoms with Crippen molar-refractivity contribution < 1.29 is 29.6 Å². The molecule has 3 N–H and O–H groups in total. The summed E-state index contributed by atoms with van der Waals surface area (Å²) in [6.45, 7) is -0.565. The monoisotopic (exact) mass is 208 g/mol. The zero-order chi connectivity index (χ0) is 11.1. The van der Waals surface area contributed by atoms with Gasteiger partial charge >= 0.3 is 0 Å². The second kappa shape index (κ2) is 6.86. The number of carbonyl (C=O) groups excluding carboxylic acids is 1. The largest absolute Gasteiger partial charge is 0.394 e. The average Bonchev–Trinajstić information content (AvgIpc) is 2.20. The molecule has 14 heavy (non-hydrogen) atoms. The van der Waals surface area contributed by atoms with E-state index in [2.05, 4.69) is 4.74 Å². The molecule has 0 aromatic rings. The van der Waals surface area contributed by atoms with Crippen LogP contribution in [-0.2, 0) is 14.3 Å². The fourth-order valence-corrected chi connectivity index (χ4v) is 1.09. The van der Waals surface area contributed by atoms with Crippen LogP contribution in [-0.4, -0.2) is 66.8 Å². The Labute approximate surface area is 82.1 Å². The van der Waals surface area contributed by atoms with E-state index in [0.717, 1.165) is 0 Å². The predicted octanol–water partition coefficient (Wildman–Crippen LogP) is -2.07. The van der Waals surface area contributed by atoms with Gasteiger partial charge in [0.1, 0.15) is 24.4 Å². The highest BCUT2D eigenvalue weighted by atomic mass is 16.5. The van der Waals surface area contributed by atoms with E-state index in [-0.39, 0.29) is 0 Å². The van der Waals surface area contributed by atoms with E-state index >= 15 is 0 Å². The maximum Gasteiger partial charge on any atom is 0.151 e. The molecule has 0 saturated heterocycles. The molecule has 0 aromatic carbocycles. The molecule has 0 aliphatic rings. The molecule has 0 saturated carbocycles. The van der Waals surface area contributed by atoms with Gasteiger partial charge in [0.2, 0.25) is 0 Å². The van der Waals surface area contributed by atoms with Crippen molar-refractivity contribution in [1.82, 2.24) is 0 Å². The standard InChI is InChI=1S/C8H16O6/c1-13-6(4-10)7(12)8(14-2)5(11)3-9/h4-9,11-12H,3H2,1-2H3/t5-,6+,7-,8-/m1/s1. The smallest absolute Gasteiger partial charge is 0.151 e. The van der Waals surface area contributed by atoms with Gasteiger partial charge in [-0.15, -0.1) is 0 Å². The second-order valence-corrected chi connectivity index (χ2v) is 2.78. The topological polar surface area (TPSA) is 96.2 Å². The van der Waals surface area contributed by atoms with Crippen molar-refractivity contribution in [2.24, 2.45) is 0 Å². The van der Waals surface area contributed by atoms with Crippen molar-refractivity contribution in [3.8, 4) is 0 Å². The summed E-state index contributed by atoms with van der Waals surface area (Å²) >= 11 is 0. The first-order chi connectivity index (χ1) is 6.62. The van der Waals surface area contributed by atoms with Crippen LogP contribution in [0.25, 0.3) is 0 Å². The summed E-state index contributed by atoms with van der Waals surface area (Å²) in [5, 5.41) is 27.4. The number of aldehydes is 1. The fourth-order valence-electron chi connectivity index (χ4n) is 1.09. The van der Waals surface area contributed by atoms with Gasteiger partial charge in [0.15, 0.2) is 6.29 Å². The molecule has 0 rings (SSSR count). The minimum atomic E-state index is -1.32. The number of hydrogen-bond donors (Lipinski definition) is 3. The van der Waals surface area contributed by atoms with Gasteiger partial charge in [-0.05, 0) is 0 Å². The van der Waals surface area contributed by atoms with Crippen molar-refractivity contribution in [1.29, 1.82) is 0 Å². The Balaban J connectivity index is 4.42. The van der Waals surface area contributed by atoms with Crippen LogP contribution in [0.4, 0.5) is 0 Å². The molecule has 0 spiro atoms. The third-order valence-corrected chi connectivity index (χ3v) is 1.92. The Morgan fingerprint density at radius 1 is 1.29 bits per heavy atom. The van der Waals surface area contributed by atoms with Gasteiger partial charge in [0.25, 0.3) is 0 Å². The maximum atomic E-state index is 10.4. The molecular weight excluding hydrogens is 192 g/mol. The third-order valence-electron chi connectivity index (χ3n) is 1.92. The van der Waals surface area contributed by atoms with Crippen molar-refractivity contribution in [2.75, 3.05) is 20.8 Å². The Morgan fingerprint density at radius 3 is 2.14 bits per heavy atom. The van der Waals surface area contributed by atoms with Gasteiger partial charge in [-0.2, -0.15) is 0 Å². The number of aliphatic hydroxyl groups excluding tert-OH is 3. The van der Waals surface area contributed by atoms with Crippen molar-refractivity contribution in [3.63, 3.8) is 0 Å². The maximum absolute atomic E-state index is 10.4. The van der Waals surface area contributed by atoms with Crippen LogP contribution in [0.5, 0.6) is 0 Å². The van der Waals surface area contributed by atoms with Crippen LogP contribution in [0.3, 0.4) is 0 Å². The van der Waals surface area contributed by atoms with E-state index in [9.17, 15) is 15.0 Å². The second-order valence-electron chi connectivity index (χ2n) is 2.78. The minimum Gasteiger partial charge on any atom is -0.394 e. The molecule has 0 amide bonds. The predicted molar refractivity (Wildman–Crippen MR) is 46.8 cm³/mol. The number of carbonyl (C=O) groups is 1. The van der Waals surface area contributed by atoms with Crippen LogP contribution < -0.4 is 0 Å². The molecule has 0 aliphatic carbocycles. The molecule has 4 atom stereocenters. The summed E-state index contributed by atoms with van der Waals surface area (Å²) in [5.41, 5.74) is 0. The molecule has 0 unspecified atom stereocenters. The molecule has 0 aromatic heterocycles. The lowest BCUT2D eigenvalue weighted by molar-refractivity contribution is -0.147. The third kappa shape index (κ3) is 3.32. The molecule has 6 heteroatoms. The van der Waals surface area contributed by atoms with E-state index in [0.29, 0.717) is 6.29 Å². The van der Waals surface area contributed by atoms with Crippen LogP contribution in [0.15, 0.2) is 0 Å². The quantitative estimate of drug-likeness (QED) is 0.416. The zero-order valence-electron chi connectivity index (χ0n) is 8.16. The van der Waals surface area contributed by atoms with Gasteiger partial charge in [-0.3, -0.25) is 0 Å². The van der Waals surface area contributed by atoms with Crippen LogP contribution >= 0.6 is 0 Å². The minimum absolute atomic E-state index is 0.404. The van der Waals surface area contributed by atoms with Gasteiger partial charge in [0.05, 0.1) is 6.61 Å². The van der Waals surface area contributed by atoms with Gasteiger partial charge < -0.3 is 29.6 Å². The SMILES string of the molecule is CO[C@@H]([C@H](O)[C@H](C=O)OC)[C@H](O)CO. The first kappa shape index (κ1) is 13.5. The van der Waals surface area contributed by atoms with E-state index in [1.54, 1.807) is 0 Å². The summed E-state index contributed by atoms with van der Waals surface area (Å²) in [6.07, 6.45) is -4.31. The van der Waals surface area contributed by atoms with Crippen molar-refractivity contribution in [2.45, 2.75) is 24.4 Å². The summed E-state index contributed by atoms with van der Waals surface area (Å²) in [7, 11) is 2.50. The van der Waals surface area contributed by atoms with E-state index in [1.165, 1.54) is 14.2 Å². The lowest BCUT2D eigenvalue weighted by Gasteiger charge is -2.27. The number of rotatable bonds is 7. The van der Waals surface area contributed by atoms with Crippen LogP contribution in [0.1, 0.15) is 0 Å². The highest BCUT2D eigenvalue weighted by Gasteiger charge is 2.32. The molecule has 0 heterocycles. The van der Waals surface area contributed by atoms with Crippen LogP contribution in [0.2, 0.25) is 0 Å². The molecule has 84 valence electrons. The molecule has 0 aliphatic heterocycles. The fraction of sp³-hybridized carbons (Fsp3) is 0.875. The van der Waals surface area contributed by atoms with Crippen molar-refractivity contribution in [3.05, 3.63) is 0 Å². The number of hydrogen-bond acceptors (Lipinski definition) is 6. The average molecular weight is 208 g/mol. The molecule has 0 radical (unpaired) electrons. The summed E-state index contributed by atoms with van der Waals surface area (Å²) in [4.78, 5) is 10.4. The molecule has 0 fully saturated rings. The highest BCUT2D eigenvalue weighted by Crippen LogP contribution is 2.09. The number of ether oxygens (including phenoxy) is 2. The lowest BCUT2D eigenvalue weighted by atomic mass is 10.0. The highest BCUT2D eigenvalue weighted by molar-refractivity contribution is 5.57. The Hall–Kier alpha value is -0.530. The molecule has 0 bridgehead atoms. The lowest BCUT2D eigenvalue weighted by Crippen LogP contribution is -2.48. The Morgan fingerprint density at radius 2 is 1.86 bits per heavy atom. The van der Waals surface area contributed by atoms with E-state index < -0.39 is 31.0 Å². The Kier molecular flexibility index (Phi) is 6.60. The summed E-state index contributed by atoms with van der Waals surface area (Å²) in [6, 6.07) is 0.